The zero-order valence-electron chi connectivity index (χ0n) is 12.2. The molecule has 0 radical (unpaired) electrons. The predicted octanol–water partition coefficient (Wildman–Crippen LogP) is 2.71. The van der Waals surface area contributed by atoms with Crippen LogP contribution in [0.25, 0.3) is 0 Å². The minimum Gasteiger partial charge on any atom is -0.327 e. The van der Waals surface area contributed by atoms with E-state index in [0.717, 1.165) is 13.0 Å². The van der Waals surface area contributed by atoms with Gasteiger partial charge in [0.15, 0.2) is 0 Å². The van der Waals surface area contributed by atoms with E-state index < -0.39 is 10.7 Å². The molecular weight excluding hydrogens is 297 g/mol. The maximum atomic E-state index is 13.9. The van der Waals surface area contributed by atoms with Crippen molar-refractivity contribution in [3.63, 3.8) is 0 Å². The van der Waals surface area contributed by atoms with Gasteiger partial charge in [0.2, 0.25) is 0 Å². The first-order valence-corrected chi connectivity index (χ1v) is 6.71. The van der Waals surface area contributed by atoms with Crippen molar-refractivity contribution < 1.29 is 9.31 Å². The van der Waals surface area contributed by atoms with Gasteiger partial charge in [-0.25, -0.2) is 4.39 Å². The fourth-order valence-electron chi connectivity index (χ4n) is 2.72. The lowest BCUT2D eigenvalue weighted by Crippen LogP contribution is -2.52. The smallest absolute Gasteiger partial charge is 0.276 e. The number of piperidine rings is 1. The van der Waals surface area contributed by atoms with Crippen LogP contribution >= 0.6 is 12.4 Å². The van der Waals surface area contributed by atoms with E-state index in [1.165, 1.54) is 18.2 Å². The monoisotopic (exact) mass is 317 g/mol. The number of benzene rings is 1. The summed E-state index contributed by atoms with van der Waals surface area (Å²) in [6.07, 6.45) is 0.815. The van der Waals surface area contributed by atoms with E-state index in [9.17, 15) is 14.5 Å². The molecule has 1 aromatic carbocycles. The van der Waals surface area contributed by atoms with Crippen molar-refractivity contribution in [1.82, 2.24) is 4.90 Å². The van der Waals surface area contributed by atoms with Crippen LogP contribution in [0, 0.1) is 21.3 Å². The van der Waals surface area contributed by atoms with Gasteiger partial charge in [-0.1, -0.05) is 19.9 Å². The van der Waals surface area contributed by atoms with Crippen molar-refractivity contribution in [2.24, 2.45) is 11.1 Å². The summed E-state index contributed by atoms with van der Waals surface area (Å²) in [6.45, 7) is 5.83. The van der Waals surface area contributed by atoms with Crippen LogP contribution in [0.3, 0.4) is 0 Å². The number of halogens is 2. The molecule has 2 rings (SSSR count). The molecule has 0 spiro atoms. The minimum atomic E-state index is -0.529. The number of hydrogen-bond acceptors (Lipinski definition) is 4. The Bertz CT molecular complexity index is 525. The molecule has 0 aromatic heterocycles. The summed E-state index contributed by atoms with van der Waals surface area (Å²) in [5.41, 5.74) is 6.00. The van der Waals surface area contributed by atoms with Crippen molar-refractivity contribution in [2.45, 2.75) is 32.9 Å². The molecule has 1 unspecified atom stereocenters. The van der Waals surface area contributed by atoms with Crippen LogP contribution in [0.2, 0.25) is 0 Å². The van der Waals surface area contributed by atoms with Crippen molar-refractivity contribution in [1.29, 1.82) is 0 Å². The molecule has 1 saturated heterocycles. The molecule has 21 heavy (non-hydrogen) atoms. The van der Waals surface area contributed by atoms with Crippen LogP contribution in [0.1, 0.15) is 25.8 Å². The average Bonchev–Trinajstić information content (AvgIpc) is 2.35. The third kappa shape index (κ3) is 3.90. The minimum absolute atomic E-state index is 0. The maximum absolute atomic E-state index is 13.9. The van der Waals surface area contributed by atoms with Crippen LogP contribution in [0.15, 0.2) is 18.2 Å². The van der Waals surface area contributed by atoms with E-state index in [4.69, 9.17) is 5.73 Å². The van der Waals surface area contributed by atoms with Crippen LogP contribution in [-0.2, 0) is 6.54 Å². The Morgan fingerprint density at radius 3 is 2.76 bits per heavy atom. The second-order valence-electron chi connectivity index (χ2n) is 6.09. The van der Waals surface area contributed by atoms with Crippen LogP contribution < -0.4 is 5.73 Å². The van der Waals surface area contributed by atoms with Crippen LogP contribution in [0.5, 0.6) is 0 Å². The van der Waals surface area contributed by atoms with E-state index in [-0.39, 0.29) is 41.7 Å². The molecule has 0 amide bonds. The third-order valence-electron chi connectivity index (χ3n) is 4.06. The zero-order valence-corrected chi connectivity index (χ0v) is 13.0. The molecule has 1 fully saturated rings. The fraction of sp³-hybridized carbons (Fsp3) is 0.571. The van der Waals surface area contributed by atoms with Gasteiger partial charge in [-0.05, 0) is 17.9 Å². The maximum Gasteiger partial charge on any atom is 0.276 e. The third-order valence-corrected chi connectivity index (χ3v) is 4.06. The van der Waals surface area contributed by atoms with Gasteiger partial charge in [-0.3, -0.25) is 15.0 Å². The van der Waals surface area contributed by atoms with E-state index in [2.05, 4.69) is 13.8 Å². The molecule has 1 aliphatic rings. The van der Waals surface area contributed by atoms with E-state index in [0.29, 0.717) is 6.54 Å². The van der Waals surface area contributed by atoms with E-state index in [1.807, 2.05) is 4.90 Å². The summed E-state index contributed by atoms with van der Waals surface area (Å²) in [7, 11) is 0. The molecular formula is C14H21ClFN3O2. The average molecular weight is 318 g/mol. The quantitative estimate of drug-likeness (QED) is 0.687. The van der Waals surface area contributed by atoms with Crippen molar-refractivity contribution in [3.05, 3.63) is 39.7 Å². The number of nitrogens with zero attached hydrogens (tertiary/aromatic N) is 2. The lowest BCUT2D eigenvalue weighted by molar-refractivity contribution is -0.386. The number of nitro benzene ring substituents is 1. The Hall–Kier alpha value is -1.24. The highest BCUT2D eigenvalue weighted by molar-refractivity contribution is 5.85. The Balaban J connectivity index is 0.00000220. The summed E-state index contributed by atoms with van der Waals surface area (Å²) in [6, 6.07) is 4.09. The largest absolute Gasteiger partial charge is 0.327 e. The van der Waals surface area contributed by atoms with Gasteiger partial charge in [0, 0.05) is 31.7 Å². The molecule has 7 heteroatoms. The number of nitro groups is 1. The summed E-state index contributed by atoms with van der Waals surface area (Å²) in [5.74, 6) is -0.521. The van der Waals surface area contributed by atoms with Gasteiger partial charge in [0.25, 0.3) is 5.69 Å². The van der Waals surface area contributed by atoms with Crippen LogP contribution in [-0.4, -0.2) is 29.0 Å². The van der Waals surface area contributed by atoms with E-state index >= 15 is 0 Å². The van der Waals surface area contributed by atoms with Crippen molar-refractivity contribution in [3.8, 4) is 0 Å². The Kier molecular flexibility index (Phi) is 5.67. The SMILES string of the molecule is CC1(C)CN(Cc2c(F)cccc2[N+](=O)[O-])CCC1N.Cl. The molecule has 2 N–H and O–H groups in total. The second-order valence-corrected chi connectivity index (χ2v) is 6.09. The standard InChI is InChI=1S/C14H20FN3O2.ClH/c1-14(2)9-17(7-6-13(14)16)8-10-11(15)4-3-5-12(10)18(19)20;/h3-5,13H,6-9,16H2,1-2H3;1H. The first-order valence-electron chi connectivity index (χ1n) is 6.71. The normalized spacial score (nSPS) is 21.6. The summed E-state index contributed by atoms with van der Waals surface area (Å²) < 4.78 is 13.9. The van der Waals surface area contributed by atoms with Crippen LogP contribution in [0.4, 0.5) is 10.1 Å². The molecule has 5 nitrogen and oxygen atoms in total. The number of rotatable bonds is 3. The molecule has 1 atom stereocenters. The van der Waals surface area contributed by atoms with Crippen molar-refractivity contribution in [2.75, 3.05) is 13.1 Å². The number of hydrogen-bond donors (Lipinski definition) is 1. The molecule has 0 aliphatic carbocycles. The number of nitrogens with two attached hydrogens (primary N) is 1. The van der Waals surface area contributed by atoms with Crippen molar-refractivity contribution >= 4 is 18.1 Å². The predicted molar refractivity (Wildman–Crippen MR) is 82.0 cm³/mol. The first-order chi connectivity index (χ1) is 9.31. The topological polar surface area (TPSA) is 72.4 Å². The second kappa shape index (κ2) is 6.68. The molecule has 0 saturated carbocycles. The molecule has 1 aliphatic heterocycles. The van der Waals surface area contributed by atoms with Gasteiger partial charge < -0.3 is 5.73 Å². The number of likely N-dealkylation sites (tertiary alicyclic amines) is 1. The molecule has 0 bridgehead atoms. The Morgan fingerprint density at radius 2 is 2.19 bits per heavy atom. The van der Waals surface area contributed by atoms with Gasteiger partial charge in [-0.15, -0.1) is 12.4 Å². The highest BCUT2D eigenvalue weighted by atomic mass is 35.5. The highest BCUT2D eigenvalue weighted by Gasteiger charge is 2.34. The highest BCUT2D eigenvalue weighted by Crippen LogP contribution is 2.30. The molecule has 1 heterocycles. The summed E-state index contributed by atoms with van der Waals surface area (Å²) in [5, 5.41) is 11.0. The Morgan fingerprint density at radius 1 is 1.52 bits per heavy atom. The first kappa shape index (κ1) is 17.8. The van der Waals surface area contributed by atoms with Gasteiger partial charge in [0.05, 0.1) is 10.5 Å². The lowest BCUT2D eigenvalue weighted by atomic mass is 9.79. The molecule has 118 valence electrons. The van der Waals surface area contributed by atoms with Gasteiger partial charge in [0.1, 0.15) is 5.82 Å². The van der Waals surface area contributed by atoms with Gasteiger partial charge >= 0.3 is 0 Å². The summed E-state index contributed by atoms with van der Waals surface area (Å²) >= 11 is 0. The summed E-state index contributed by atoms with van der Waals surface area (Å²) in [4.78, 5) is 12.5. The lowest BCUT2D eigenvalue weighted by Gasteiger charge is -2.42. The Labute approximate surface area is 129 Å². The van der Waals surface area contributed by atoms with E-state index in [1.54, 1.807) is 0 Å². The zero-order chi connectivity index (χ0) is 14.9. The fourth-order valence-corrected chi connectivity index (χ4v) is 2.72. The van der Waals surface area contributed by atoms with Gasteiger partial charge in [-0.2, -0.15) is 0 Å². The molecule has 1 aromatic rings.